The summed E-state index contributed by atoms with van der Waals surface area (Å²) in [4.78, 5) is 27.8. The van der Waals surface area contributed by atoms with Crippen LogP contribution in [-0.4, -0.2) is 34.4 Å². The molecule has 2 aliphatic rings. The first-order valence-corrected chi connectivity index (χ1v) is 11.5. The van der Waals surface area contributed by atoms with Gasteiger partial charge in [-0.1, -0.05) is 43.2 Å². The summed E-state index contributed by atoms with van der Waals surface area (Å²) in [6.45, 7) is 2.30. The molecule has 0 spiro atoms. The summed E-state index contributed by atoms with van der Waals surface area (Å²) in [5.41, 5.74) is 3.71. The van der Waals surface area contributed by atoms with Crippen molar-refractivity contribution in [2.75, 3.05) is 18.4 Å². The second-order valence-electron chi connectivity index (χ2n) is 8.84. The normalized spacial score (nSPS) is 16.8. The lowest BCUT2D eigenvalue weighted by molar-refractivity contribution is -0.119. The van der Waals surface area contributed by atoms with E-state index in [0.29, 0.717) is 6.54 Å². The molecule has 0 bridgehead atoms. The van der Waals surface area contributed by atoms with E-state index < -0.39 is 0 Å². The van der Waals surface area contributed by atoms with Gasteiger partial charge in [0, 0.05) is 42.1 Å². The van der Waals surface area contributed by atoms with E-state index >= 15 is 0 Å². The predicted octanol–water partition coefficient (Wildman–Crippen LogP) is 5.05. The quantitative estimate of drug-likeness (QED) is 0.634. The van der Waals surface area contributed by atoms with Gasteiger partial charge in [0.25, 0.3) is 5.91 Å². The van der Waals surface area contributed by atoms with Gasteiger partial charge >= 0.3 is 0 Å². The Morgan fingerprint density at radius 2 is 1.65 bits per heavy atom. The molecule has 3 aromatic rings. The number of benzene rings is 2. The van der Waals surface area contributed by atoms with E-state index in [1.807, 2.05) is 47.4 Å². The van der Waals surface area contributed by atoms with E-state index in [1.165, 1.54) is 0 Å². The van der Waals surface area contributed by atoms with Gasteiger partial charge in [0.2, 0.25) is 5.91 Å². The fourth-order valence-electron chi connectivity index (χ4n) is 4.98. The molecule has 1 saturated carbocycles. The lowest BCUT2D eigenvalue weighted by Gasteiger charge is -2.17. The summed E-state index contributed by atoms with van der Waals surface area (Å²) in [7, 11) is 0. The molecule has 31 heavy (non-hydrogen) atoms. The lowest BCUT2D eigenvalue weighted by Crippen LogP contribution is -2.29. The third-order valence-corrected chi connectivity index (χ3v) is 6.69. The van der Waals surface area contributed by atoms with Crippen molar-refractivity contribution in [3.05, 3.63) is 65.9 Å². The molecule has 0 unspecified atom stereocenters. The molecule has 2 fully saturated rings. The summed E-state index contributed by atoms with van der Waals surface area (Å²) >= 11 is 0. The second kappa shape index (κ2) is 8.58. The van der Waals surface area contributed by atoms with Crippen LogP contribution in [-0.2, 0) is 11.3 Å². The Bertz CT molecular complexity index is 1090. The molecule has 1 saturated heterocycles. The summed E-state index contributed by atoms with van der Waals surface area (Å²) < 4.78 is 2.12. The number of nitrogens with zero attached hydrogens (tertiary/aromatic N) is 2. The van der Waals surface area contributed by atoms with Crippen LogP contribution in [0.2, 0.25) is 0 Å². The minimum Gasteiger partial charge on any atom is -0.337 e. The van der Waals surface area contributed by atoms with Gasteiger partial charge in [-0.15, -0.1) is 0 Å². The molecular weight excluding hydrogens is 386 g/mol. The van der Waals surface area contributed by atoms with Crippen LogP contribution < -0.4 is 5.32 Å². The van der Waals surface area contributed by atoms with E-state index in [1.54, 1.807) is 0 Å². The Balaban J connectivity index is 1.49. The van der Waals surface area contributed by atoms with Crippen LogP contribution in [0.15, 0.2) is 54.6 Å². The van der Waals surface area contributed by atoms with E-state index in [9.17, 15) is 9.59 Å². The van der Waals surface area contributed by atoms with Crippen molar-refractivity contribution >= 4 is 28.4 Å². The molecule has 1 aromatic heterocycles. The highest BCUT2D eigenvalue weighted by Crippen LogP contribution is 2.29. The number of hydrogen-bond acceptors (Lipinski definition) is 2. The smallest absolute Gasteiger partial charge is 0.270 e. The maximum absolute atomic E-state index is 13.3. The van der Waals surface area contributed by atoms with Gasteiger partial charge in [0.15, 0.2) is 0 Å². The summed E-state index contributed by atoms with van der Waals surface area (Å²) in [6, 6.07) is 18.2. The predicted molar refractivity (Wildman–Crippen MR) is 123 cm³/mol. The molecule has 0 atom stereocenters. The molecule has 2 aromatic carbocycles. The number of carbonyl (C=O) groups excluding carboxylic acids is 2. The monoisotopic (exact) mass is 415 g/mol. The molecule has 1 aliphatic heterocycles. The third-order valence-electron chi connectivity index (χ3n) is 6.69. The first kappa shape index (κ1) is 19.9. The van der Waals surface area contributed by atoms with E-state index in [4.69, 9.17) is 0 Å². The average Bonchev–Trinajstić information content (AvgIpc) is 3.55. The van der Waals surface area contributed by atoms with E-state index in [-0.39, 0.29) is 17.7 Å². The van der Waals surface area contributed by atoms with Crippen molar-refractivity contribution in [3.8, 4) is 0 Å². The SMILES string of the molecule is O=C(Nc1ccc2c(c1)cc(C(=O)N1CCCC1)n2Cc1ccccc1)C1CCCC1. The van der Waals surface area contributed by atoms with Gasteiger partial charge in [-0.2, -0.15) is 0 Å². The van der Waals surface area contributed by atoms with Crippen molar-refractivity contribution in [1.82, 2.24) is 9.47 Å². The Kier molecular flexibility index (Phi) is 5.49. The van der Waals surface area contributed by atoms with Gasteiger partial charge in [-0.3, -0.25) is 9.59 Å². The maximum Gasteiger partial charge on any atom is 0.270 e. The Morgan fingerprint density at radius 3 is 2.39 bits per heavy atom. The van der Waals surface area contributed by atoms with E-state index in [0.717, 1.165) is 79.5 Å². The Hall–Kier alpha value is -3.08. The molecule has 5 rings (SSSR count). The van der Waals surface area contributed by atoms with Crippen LogP contribution in [0.5, 0.6) is 0 Å². The van der Waals surface area contributed by atoms with Crippen molar-refractivity contribution in [2.24, 2.45) is 5.92 Å². The molecule has 5 heteroatoms. The third kappa shape index (κ3) is 4.09. The number of likely N-dealkylation sites (tertiary alicyclic amines) is 1. The van der Waals surface area contributed by atoms with Crippen molar-refractivity contribution in [2.45, 2.75) is 45.1 Å². The molecular formula is C26H29N3O2. The minimum atomic E-state index is 0.0983. The largest absolute Gasteiger partial charge is 0.337 e. The first-order valence-electron chi connectivity index (χ1n) is 11.5. The molecule has 2 amide bonds. The fourth-order valence-corrected chi connectivity index (χ4v) is 4.98. The summed E-state index contributed by atoms with van der Waals surface area (Å²) in [5, 5.41) is 4.08. The van der Waals surface area contributed by atoms with Crippen LogP contribution in [0.3, 0.4) is 0 Å². The van der Waals surface area contributed by atoms with E-state index in [2.05, 4.69) is 22.0 Å². The number of anilines is 1. The number of nitrogens with one attached hydrogen (secondary N) is 1. The van der Waals surface area contributed by atoms with Crippen molar-refractivity contribution < 1.29 is 9.59 Å². The zero-order valence-electron chi connectivity index (χ0n) is 17.8. The number of carbonyl (C=O) groups is 2. The zero-order valence-corrected chi connectivity index (χ0v) is 17.8. The Labute approximate surface area is 183 Å². The molecule has 1 N–H and O–H groups in total. The maximum atomic E-state index is 13.3. The number of hydrogen-bond donors (Lipinski definition) is 1. The summed E-state index contributed by atoms with van der Waals surface area (Å²) in [6.07, 6.45) is 6.39. The van der Waals surface area contributed by atoms with Crippen molar-refractivity contribution in [3.63, 3.8) is 0 Å². The van der Waals surface area contributed by atoms with Crippen LogP contribution in [0.1, 0.15) is 54.6 Å². The second-order valence-corrected chi connectivity index (χ2v) is 8.84. The van der Waals surface area contributed by atoms with Crippen LogP contribution in [0.25, 0.3) is 10.9 Å². The number of rotatable bonds is 5. The standard InChI is InChI=1S/C26H29N3O2/c30-25(20-10-4-5-11-20)27-22-12-13-23-21(16-22)17-24(26(31)28-14-6-7-15-28)29(23)18-19-8-2-1-3-9-19/h1-3,8-9,12-13,16-17,20H,4-7,10-11,14-15,18H2,(H,27,30). The number of fused-ring (bicyclic) bond motifs is 1. The fraction of sp³-hybridized carbons (Fsp3) is 0.385. The highest BCUT2D eigenvalue weighted by Gasteiger charge is 2.25. The number of aromatic nitrogens is 1. The van der Waals surface area contributed by atoms with Gasteiger partial charge in [-0.05, 0) is 55.5 Å². The first-order chi connectivity index (χ1) is 15.2. The molecule has 160 valence electrons. The Morgan fingerprint density at radius 1 is 0.903 bits per heavy atom. The molecule has 5 nitrogen and oxygen atoms in total. The van der Waals surface area contributed by atoms with Gasteiger partial charge in [-0.25, -0.2) is 0 Å². The van der Waals surface area contributed by atoms with Crippen LogP contribution in [0.4, 0.5) is 5.69 Å². The van der Waals surface area contributed by atoms with Gasteiger partial charge < -0.3 is 14.8 Å². The zero-order chi connectivity index (χ0) is 21.2. The van der Waals surface area contributed by atoms with Gasteiger partial charge in [0.1, 0.15) is 5.69 Å². The topological polar surface area (TPSA) is 54.3 Å². The van der Waals surface area contributed by atoms with Crippen molar-refractivity contribution in [1.29, 1.82) is 0 Å². The molecule has 1 aliphatic carbocycles. The summed E-state index contributed by atoms with van der Waals surface area (Å²) in [5.74, 6) is 0.348. The number of amides is 2. The minimum absolute atomic E-state index is 0.0983. The highest BCUT2D eigenvalue weighted by atomic mass is 16.2. The van der Waals surface area contributed by atoms with Gasteiger partial charge in [0.05, 0.1) is 0 Å². The molecule has 2 heterocycles. The molecule has 0 radical (unpaired) electrons. The van der Waals surface area contributed by atoms with Crippen LogP contribution >= 0.6 is 0 Å². The average molecular weight is 416 g/mol. The lowest BCUT2D eigenvalue weighted by atomic mass is 10.1. The highest BCUT2D eigenvalue weighted by molar-refractivity contribution is 6.01. The van der Waals surface area contributed by atoms with Crippen LogP contribution in [0, 0.1) is 5.92 Å².